The predicted molar refractivity (Wildman–Crippen MR) is 117 cm³/mol. The molecule has 1 heterocycles. The van der Waals surface area contributed by atoms with E-state index in [1.165, 1.54) is 12.4 Å². The molecule has 0 spiro atoms. The van der Waals surface area contributed by atoms with E-state index >= 15 is 0 Å². The summed E-state index contributed by atoms with van der Waals surface area (Å²) in [6, 6.07) is 13.9. The van der Waals surface area contributed by atoms with Crippen molar-refractivity contribution in [2.24, 2.45) is 9.98 Å². The number of para-hydroxylation sites is 2. The second kappa shape index (κ2) is 10.1. The maximum absolute atomic E-state index is 10.3. The summed E-state index contributed by atoms with van der Waals surface area (Å²) in [6.45, 7) is 4.60. The summed E-state index contributed by atoms with van der Waals surface area (Å²) in [6.07, 6.45) is 4.64. The monoisotopic (exact) mass is 405 g/mol. The van der Waals surface area contributed by atoms with Crippen molar-refractivity contribution in [3.63, 3.8) is 0 Å². The summed E-state index contributed by atoms with van der Waals surface area (Å²) in [5, 5.41) is 20.6. The Morgan fingerprint density at radius 2 is 1.37 bits per heavy atom. The first-order valence-corrected chi connectivity index (χ1v) is 9.56. The van der Waals surface area contributed by atoms with Gasteiger partial charge in [-0.15, -0.1) is 0 Å². The molecular weight excluding hydrogens is 382 g/mol. The number of benzene rings is 2. The first-order valence-electron chi connectivity index (χ1n) is 9.56. The number of pyridine rings is 1. The highest BCUT2D eigenvalue weighted by Gasteiger charge is 2.08. The standard InChI is InChI=1S/C23H23N3O4/c1-3-29-19-11-5-8-16(21(19)27)14-25-18-10-7-13-24-23(18)26-15-17-9-6-12-20(22(17)28)30-4-2/h5-15,27-28H,3-4H2,1-2H3/b25-14?,26-15+. The summed E-state index contributed by atoms with van der Waals surface area (Å²) < 4.78 is 10.8. The van der Waals surface area contributed by atoms with Crippen LogP contribution in [-0.4, -0.2) is 40.8 Å². The van der Waals surface area contributed by atoms with E-state index in [-0.39, 0.29) is 11.5 Å². The van der Waals surface area contributed by atoms with Crippen LogP contribution in [0.1, 0.15) is 25.0 Å². The summed E-state index contributed by atoms with van der Waals surface area (Å²) in [5.41, 5.74) is 1.53. The van der Waals surface area contributed by atoms with Gasteiger partial charge in [-0.05, 0) is 50.2 Å². The highest BCUT2D eigenvalue weighted by atomic mass is 16.5. The number of phenolic OH excluding ortho intramolecular Hbond substituents is 2. The molecule has 1 aromatic heterocycles. The Balaban J connectivity index is 1.87. The lowest BCUT2D eigenvalue weighted by atomic mass is 10.2. The van der Waals surface area contributed by atoms with Crippen LogP contribution >= 0.6 is 0 Å². The summed E-state index contributed by atoms with van der Waals surface area (Å²) >= 11 is 0. The molecule has 0 fully saturated rings. The molecule has 0 aliphatic heterocycles. The smallest absolute Gasteiger partial charge is 0.178 e. The molecule has 7 nitrogen and oxygen atoms in total. The molecule has 2 N–H and O–H groups in total. The molecule has 3 aromatic rings. The van der Waals surface area contributed by atoms with Gasteiger partial charge in [0.1, 0.15) is 5.69 Å². The number of hydrogen-bond acceptors (Lipinski definition) is 7. The van der Waals surface area contributed by atoms with Gasteiger partial charge in [-0.3, -0.25) is 4.99 Å². The fourth-order valence-corrected chi connectivity index (χ4v) is 2.69. The predicted octanol–water partition coefficient (Wildman–Crippen LogP) is 4.79. The van der Waals surface area contributed by atoms with Crippen molar-refractivity contribution in [1.82, 2.24) is 4.98 Å². The van der Waals surface area contributed by atoms with Crippen molar-refractivity contribution in [3.8, 4) is 23.0 Å². The van der Waals surface area contributed by atoms with Crippen molar-refractivity contribution < 1.29 is 19.7 Å². The zero-order valence-electron chi connectivity index (χ0n) is 16.8. The molecule has 0 radical (unpaired) electrons. The van der Waals surface area contributed by atoms with Gasteiger partial charge in [0.15, 0.2) is 28.8 Å². The van der Waals surface area contributed by atoms with Crippen molar-refractivity contribution >= 4 is 23.9 Å². The Kier molecular flexibility index (Phi) is 7.00. The Labute approximate surface area is 175 Å². The molecule has 0 amide bonds. The minimum Gasteiger partial charge on any atom is -0.504 e. The summed E-state index contributed by atoms with van der Waals surface area (Å²) in [4.78, 5) is 13.0. The number of aromatic nitrogens is 1. The molecule has 0 unspecified atom stereocenters. The zero-order chi connectivity index (χ0) is 21.3. The number of nitrogens with zero attached hydrogens (tertiary/aromatic N) is 3. The van der Waals surface area contributed by atoms with Crippen LogP contribution in [0.5, 0.6) is 23.0 Å². The van der Waals surface area contributed by atoms with Gasteiger partial charge in [0.2, 0.25) is 0 Å². The summed E-state index contributed by atoms with van der Waals surface area (Å²) in [5.74, 6) is 1.20. The average molecular weight is 405 g/mol. The Morgan fingerprint density at radius 1 is 0.800 bits per heavy atom. The van der Waals surface area contributed by atoms with E-state index in [4.69, 9.17) is 9.47 Å². The largest absolute Gasteiger partial charge is 0.504 e. The van der Waals surface area contributed by atoms with Gasteiger partial charge in [-0.2, -0.15) is 0 Å². The van der Waals surface area contributed by atoms with E-state index in [9.17, 15) is 10.2 Å². The number of aliphatic imine (C=N–C) groups is 2. The van der Waals surface area contributed by atoms with Gasteiger partial charge < -0.3 is 19.7 Å². The first kappa shape index (κ1) is 20.9. The van der Waals surface area contributed by atoms with Crippen LogP contribution in [-0.2, 0) is 0 Å². The van der Waals surface area contributed by atoms with Crippen molar-refractivity contribution in [2.75, 3.05) is 13.2 Å². The molecule has 30 heavy (non-hydrogen) atoms. The van der Waals surface area contributed by atoms with Crippen LogP contribution in [0.15, 0.2) is 64.7 Å². The lowest BCUT2D eigenvalue weighted by Gasteiger charge is -2.07. The van der Waals surface area contributed by atoms with Gasteiger partial charge in [0, 0.05) is 29.8 Å². The van der Waals surface area contributed by atoms with Gasteiger partial charge in [0.05, 0.1) is 13.2 Å². The van der Waals surface area contributed by atoms with Crippen LogP contribution in [0.2, 0.25) is 0 Å². The highest BCUT2D eigenvalue weighted by Crippen LogP contribution is 2.31. The van der Waals surface area contributed by atoms with Crippen LogP contribution in [0, 0.1) is 0 Å². The molecular formula is C23H23N3O4. The molecule has 154 valence electrons. The molecule has 0 saturated carbocycles. The fourth-order valence-electron chi connectivity index (χ4n) is 2.69. The molecule has 0 bridgehead atoms. The quantitative estimate of drug-likeness (QED) is 0.525. The number of aromatic hydroxyl groups is 2. The second-order valence-corrected chi connectivity index (χ2v) is 6.12. The van der Waals surface area contributed by atoms with Crippen LogP contribution < -0.4 is 9.47 Å². The first-order chi connectivity index (χ1) is 14.6. The van der Waals surface area contributed by atoms with E-state index in [2.05, 4.69) is 15.0 Å². The number of phenols is 2. The molecule has 0 aliphatic carbocycles. The van der Waals surface area contributed by atoms with Crippen LogP contribution in [0.3, 0.4) is 0 Å². The van der Waals surface area contributed by atoms with Crippen molar-refractivity contribution in [3.05, 3.63) is 65.9 Å². The molecule has 2 aromatic carbocycles. The van der Waals surface area contributed by atoms with E-state index in [1.54, 1.807) is 54.7 Å². The SMILES string of the molecule is CCOc1cccc(C=Nc2cccnc2/N=C/c2cccc(OCC)c2O)c1O. The Bertz CT molecular complexity index is 980. The second-order valence-electron chi connectivity index (χ2n) is 6.12. The molecule has 3 rings (SSSR count). The number of ether oxygens (including phenoxy) is 2. The van der Waals surface area contributed by atoms with E-state index in [1.807, 2.05) is 13.8 Å². The van der Waals surface area contributed by atoms with Gasteiger partial charge in [0.25, 0.3) is 0 Å². The fraction of sp³-hybridized carbons (Fsp3) is 0.174. The van der Waals surface area contributed by atoms with Gasteiger partial charge >= 0.3 is 0 Å². The Morgan fingerprint density at radius 3 is 1.93 bits per heavy atom. The molecule has 0 atom stereocenters. The third-order valence-electron chi connectivity index (χ3n) is 4.09. The minimum atomic E-state index is 0.0155. The third-order valence-corrected chi connectivity index (χ3v) is 4.09. The van der Waals surface area contributed by atoms with E-state index in [0.29, 0.717) is 47.3 Å². The van der Waals surface area contributed by atoms with E-state index in [0.717, 1.165) is 0 Å². The topological polar surface area (TPSA) is 96.5 Å². The lowest BCUT2D eigenvalue weighted by Crippen LogP contribution is -1.94. The maximum Gasteiger partial charge on any atom is 0.178 e. The van der Waals surface area contributed by atoms with Crippen molar-refractivity contribution in [2.45, 2.75) is 13.8 Å². The normalized spacial score (nSPS) is 11.3. The average Bonchev–Trinajstić information content (AvgIpc) is 2.76. The molecule has 7 heteroatoms. The third kappa shape index (κ3) is 4.94. The molecule has 0 saturated heterocycles. The van der Waals surface area contributed by atoms with Gasteiger partial charge in [-0.25, -0.2) is 9.98 Å². The minimum absolute atomic E-state index is 0.0155. The highest BCUT2D eigenvalue weighted by molar-refractivity contribution is 5.89. The van der Waals surface area contributed by atoms with Crippen molar-refractivity contribution in [1.29, 1.82) is 0 Å². The van der Waals surface area contributed by atoms with Crippen LogP contribution in [0.25, 0.3) is 0 Å². The van der Waals surface area contributed by atoms with Crippen LogP contribution in [0.4, 0.5) is 11.5 Å². The number of rotatable bonds is 8. The summed E-state index contributed by atoms with van der Waals surface area (Å²) in [7, 11) is 0. The zero-order valence-corrected chi connectivity index (χ0v) is 16.8. The van der Waals surface area contributed by atoms with Gasteiger partial charge in [-0.1, -0.05) is 12.1 Å². The van der Waals surface area contributed by atoms with E-state index < -0.39 is 0 Å². The number of hydrogen-bond donors (Lipinski definition) is 2. The maximum atomic E-state index is 10.3. The molecule has 0 aliphatic rings. The lowest BCUT2D eigenvalue weighted by molar-refractivity contribution is 0.318. The Hall–Kier alpha value is -3.87.